The van der Waals surface area contributed by atoms with E-state index < -0.39 is 10.2 Å². The quantitative estimate of drug-likeness (QED) is 0.472. The van der Waals surface area contributed by atoms with E-state index in [1.165, 1.54) is 43.3 Å². The molecule has 0 fully saturated rings. The monoisotopic (exact) mass is 323 g/mol. The average molecular weight is 323 g/mol. The largest absolute Gasteiger partial charge is 0.495 e. The van der Waals surface area contributed by atoms with Crippen molar-refractivity contribution in [1.82, 2.24) is 15.4 Å². The molecule has 1 heterocycles. The number of carbonyl (C=O) groups is 1. The summed E-state index contributed by atoms with van der Waals surface area (Å²) in [5, 5.41) is 23.5. The molecule has 0 radical (unpaired) electrons. The van der Waals surface area contributed by atoms with Gasteiger partial charge >= 0.3 is 0 Å². The molecule has 10 heteroatoms. The van der Waals surface area contributed by atoms with E-state index in [-0.39, 0.29) is 17.3 Å². The third-order valence-electron chi connectivity index (χ3n) is 2.71. The van der Waals surface area contributed by atoms with Gasteiger partial charge in [-0.05, 0) is 13.0 Å². The van der Waals surface area contributed by atoms with Gasteiger partial charge < -0.3 is 10.1 Å². The number of hydrogen-bond acceptors (Lipinski definition) is 7. The van der Waals surface area contributed by atoms with E-state index in [9.17, 15) is 14.9 Å². The first-order chi connectivity index (χ1) is 10.5. The summed E-state index contributed by atoms with van der Waals surface area (Å²) in [5.74, 6) is 0.0179. The number of carbonyl (C=O) groups excluding carboxylic acids is 1. The van der Waals surface area contributed by atoms with E-state index in [1.54, 1.807) is 6.92 Å². The van der Waals surface area contributed by atoms with Crippen LogP contribution in [0.2, 0.25) is 0 Å². The minimum atomic E-state index is -0.539. The van der Waals surface area contributed by atoms with E-state index in [4.69, 9.17) is 4.74 Å². The summed E-state index contributed by atoms with van der Waals surface area (Å²) < 4.78 is 5.10. The van der Waals surface area contributed by atoms with E-state index in [0.717, 1.165) is 0 Å². The molecule has 1 atom stereocenters. The first kappa shape index (κ1) is 15.8. The number of thioether (sulfide) groups is 1. The topological polar surface area (TPSA) is 123 Å². The lowest BCUT2D eigenvalue weighted by Crippen LogP contribution is -2.22. The molecule has 0 bridgehead atoms. The van der Waals surface area contributed by atoms with Crippen LogP contribution in [0.25, 0.3) is 0 Å². The molecular formula is C12H13N5O4S. The van der Waals surface area contributed by atoms with Crippen molar-refractivity contribution < 1.29 is 14.5 Å². The maximum absolute atomic E-state index is 12.2. The number of amides is 1. The molecule has 1 amide bonds. The SMILES string of the molecule is COc1ccc([N+](=O)[O-])cc1NC(=O)[C@@H](C)Sc1cn[nH]n1. The van der Waals surface area contributed by atoms with E-state index in [0.29, 0.717) is 10.8 Å². The van der Waals surface area contributed by atoms with Gasteiger partial charge in [0.2, 0.25) is 5.91 Å². The van der Waals surface area contributed by atoms with Gasteiger partial charge in [0.1, 0.15) is 10.8 Å². The standard InChI is InChI=1S/C12H13N5O4S/c1-7(22-11-6-13-16-15-11)12(18)14-9-5-8(17(19)20)3-4-10(9)21-2/h3-7H,1-2H3,(H,14,18)(H,13,15,16)/t7-/m1/s1. The Kier molecular flexibility index (Phi) is 4.94. The Labute approximate surface area is 129 Å². The fraction of sp³-hybridized carbons (Fsp3) is 0.250. The van der Waals surface area contributed by atoms with Crippen LogP contribution in [0, 0.1) is 10.1 Å². The number of nitrogens with zero attached hydrogens (tertiary/aromatic N) is 3. The van der Waals surface area contributed by atoms with Crippen LogP contribution in [-0.2, 0) is 4.79 Å². The number of nitrogens with one attached hydrogen (secondary N) is 2. The van der Waals surface area contributed by atoms with Crippen molar-refractivity contribution in [2.75, 3.05) is 12.4 Å². The van der Waals surface area contributed by atoms with Crippen molar-refractivity contribution in [3.8, 4) is 5.75 Å². The highest BCUT2D eigenvalue weighted by molar-refractivity contribution is 8.00. The van der Waals surface area contributed by atoms with Gasteiger partial charge in [0.15, 0.2) is 0 Å². The Bertz CT molecular complexity index is 676. The van der Waals surface area contributed by atoms with Crippen LogP contribution in [0.15, 0.2) is 29.4 Å². The van der Waals surface area contributed by atoms with E-state index in [2.05, 4.69) is 20.7 Å². The van der Waals surface area contributed by atoms with Gasteiger partial charge in [-0.15, -0.1) is 5.10 Å². The second kappa shape index (κ2) is 6.89. The molecular weight excluding hydrogens is 310 g/mol. The summed E-state index contributed by atoms with van der Waals surface area (Å²) in [6.45, 7) is 1.69. The van der Waals surface area contributed by atoms with Crippen molar-refractivity contribution >= 4 is 29.0 Å². The average Bonchev–Trinajstić information content (AvgIpc) is 2.99. The third kappa shape index (κ3) is 3.73. The zero-order chi connectivity index (χ0) is 16.1. The van der Waals surface area contributed by atoms with Gasteiger partial charge in [-0.1, -0.05) is 11.8 Å². The Morgan fingerprint density at radius 2 is 2.32 bits per heavy atom. The molecule has 116 valence electrons. The minimum absolute atomic E-state index is 0.132. The molecule has 2 N–H and O–H groups in total. The number of rotatable bonds is 6. The second-order valence-corrected chi connectivity index (χ2v) is 5.56. The van der Waals surface area contributed by atoms with Crippen molar-refractivity contribution in [2.45, 2.75) is 17.2 Å². The van der Waals surface area contributed by atoms with Gasteiger partial charge in [-0.2, -0.15) is 10.3 Å². The lowest BCUT2D eigenvalue weighted by atomic mass is 10.2. The first-order valence-electron chi connectivity index (χ1n) is 6.17. The number of nitro groups is 1. The molecule has 0 spiro atoms. The summed E-state index contributed by atoms with van der Waals surface area (Å²) in [7, 11) is 1.42. The number of H-pyrrole nitrogens is 1. The highest BCUT2D eigenvalue weighted by Gasteiger charge is 2.19. The second-order valence-electron chi connectivity index (χ2n) is 4.20. The number of hydrogen-bond donors (Lipinski definition) is 2. The smallest absolute Gasteiger partial charge is 0.271 e. The van der Waals surface area contributed by atoms with Crippen LogP contribution in [-0.4, -0.2) is 38.6 Å². The van der Waals surface area contributed by atoms with Gasteiger partial charge in [-0.25, -0.2) is 0 Å². The van der Waals surface area contributed by atoms with Crippen molar-refractivity contribution in [2.24, 2.45) is 0 Å². The molecule has 0 aliphatic rings. The first-order valence-corrected chi connectivity index (χ1v) is 7.05. The van der Waals surface area contributed by atoms with E-state index in [1.807, 2.05) is 0 Å². The number of nitro benzene ring substituents is 1. The molecule has 22 heavy (non-hydrogen) atoms. The molecule has 1 aromatic carbocycles. The number of aromatic nitrogens is 3. The Hall–Kier alpha value is -2.62. The molecule has 9 nitrogen and oxygen atoms in total. The number of non-ortho nitro benzene ring substituents is 1. The zero-order valence-electron chi connectivity index (χ0n) is 11.8. The fourth-order valence-corrected chi connectivity index (χ4v) is 2.36. The van der Waals surface area contributed by atoms with Gasteiger partial charge in [-0.3, -0.25) is 14.9 Å². The number of aromatic amines is 1. The molecule has 0 saturated carbocycles. The highest BCUT2D eigenvalue weighted by Crippen LogP contribution is 2.30. The van der Waals surface area contributed by atoms with Crippen LogP contribution >= 0.6 is 11.8 Å². The molecule has 2 rings (SSSR count). The summed E-state index contributed by atoms with van der Waals surface area (Å²) in [5.41, 5.74) is 0.113. The maximum atomic E-state index is 12.2. The van der Waals surface area contributed by atoms with Crippen molar-refractivity contribution in [3.05, 3.63) is 34.5 Å². The number of benzene rings is 1. The lowest BCUT2D eigenvalue weighted by molar-refractivity contribution is -0.384. The Morgan fingerprint density at radius 1 is 1.55 bits per heavy atom. The summed E-state index contributed by atoms with van der Waals surface area (Å²) >= 11 is 1.21. The number of ether oxygens (including phenoxy) is 1. The number of methoxy groups -OCH3 is 1. The van der Waals surface area contributed by atoms with Crippen LogP contribution in [0.3, 0.4) is 0 Å². The van der Waals surface area contributed by atoms with Crippen LogP contribution in [0.1, 0.15) is 6.92 Å². The predicted octanol–water partition coefficient (Wildman–Crippen LogP) is 1.84. The molecule has 1 aromatic heterocycles. The third-order valence-corrected chi connectivity index (χ3v) is 3.72. The summed E-state index contributed by atoms with van der Waals surface area (Å²) in [6, 6.07) is 4.00. The number of anilines is 1. The zero-order valence-corrected chi connectivity index (χ0v) is 12.6. The Balaban J connectivity index is 2.12. The summed E-state index contributed by atoms with van der Waals surface area (Å²) in [6.07, 6.45) is 1.50. The van der Waals surface area contributed by atoms with Gasteiger partial charge in [0.25, 0.3) is 5.69 Å². The summed E-state index contributed by atoms with van der Waals surface area (Å²) in [4.78, 5) is 22.4. The highest BCUT2D eigenvalue weighted by atomic mass is 32.2. The molecule has 2 aromatic rings. The van der Waals surface area contributed by atoms with Crippen molar-refractivity contribution in [1.29, 1.82) is 0 Å². The minimum Gasteiger partial charge on any atom is -0.495 e. The normalized spacial score (nSPS) is 11.7. The predicted molar refractivity (Wildman–Crippen MR) is 80.0 cm³/mol. The van der Waals surface area contributed by atoms with Crippen LogP contribution < -0.4 is 10.1 Å². The molecule has 0 unspecified atom stereocenters. The van der Waals surface area contributed by atoms with Crippen LogP contribution in [0.5, 0.6) is 5.75 Å². The maximum Gasteiger partial charge on any atom is 0.271 e. The van der Waals surface area contributed by atoms with Crippen molar-refractivity contribution in [3.63, 3.8) is 0 Å². The van der Waals surface area contributed by atoms with Gasteiger partial charge in [0.05, 0.1) is 29.2 Å². The van der Waals surface area contributed by atoms with Gasteiger partial charge in [0, 0.05) is 12.1 Å². The van der Waals surface area contributed by atoms with Crippen LogP contribution in [0.4, 0.5) is 11.4 Å². The molecule has 0 aliphatic heterocycles. The lowest BCUT2D eigenvalue weighted by Gasteiger charge is -2.13. The Morgan fingerprint density at radius 3 is 2.91 bits per heavy atom. The van der Waals surface area contributed by atoms with E-state index >= 15 is 0 Å². The fourth-order valence-electron chi connectivity index (χ4n) is 1.62. The molecule has 0 saturated heterocycles. The molecule has 0 aliphatic carbocycles.